The first kappa shape index (κ1) is 15.1. The molecule has 1 aromatic heterocycles. The monoisotopic (exact) mass is 300 g/mol. The minimum Gasteiger partial charge on any atom is -0.300 e. The van der Waals surface area contributed by atoms with Crippen LogP contribution in [0, 0.1) is 5.82 Å². The summed E-state index contributed by atoms with van der Waals surface area (Å²) in [4.78, 5) is 14.9. The fraction of sp³-hybridized carbons (Fsp3) is 0.538. The first-order chi connectivity index (χ1) is 9.43. The number of Topliss-reactive ketones (excluding diaryl/α,β-unsaturated/α-hetero) is 1. The number of carbonyl (C=O) groups is 1. The lowest BCUT2D eigenvalue weighted by Crippen LogP contribution is -2.44. The van der Waals surface area contributed by atoms with Crippen LogP contribution in [0.3, 0.4) is 0 Å². The zero-order valence-electron chi connectivity index (χ0n) is 11.3. The Morgan fingerprint density at radius 3 is 2.90 bits per heavy atom. The Labute approximate surface area is 117 Å². The highest BCUT2D eigenvalue weighted by molar-refractivity contribution is 7.89. The van der Waals surface area contributed by atoms with Crippen LogP contribution in [0.1, 0.15) is 32.6 Å². The number of sulfonamides is 1. The van der Waals surface area contributed by atoms with Gasteiger partial charge < -0.3 is 0 Å². The van der Waals surface area contributed by atoms with Crippen molar-refractivity contribution in [3.05, 3.63) is 24.1 Å². The van der Waals surface area contributed by atoms with Gasteiger partial charge in [0, 0.05) is 25.2 Å². The number of piperidine rings is 1. The second kappa shape index (κ2) is 5.97. The molecule has 1 aliphatic rings. The maximum absolute atomic E-state index is 13.7. The Balaban J connectivity index is 2.36. The average molecular weight is 300 g/mol. The van der Waals surface area contributed by atoms with Crippen molar-refractivity contribution < 1.29 is 17.6 Å². The Hall–Kier alpha value is -1.34. The lowest BCUT2D eigenvalue weighted by Gasteiger charge is -2.33. The summed E-state index contributed by atoms with van der Waals surface area (Å²) < 4.78 is 39.9. The molecule has 1 unspecified atom stereocenters. The molecule has 7 heteroatoms. The molecule has 1 aliphatic heterocycles. The SMILES string of the molecule is CC(=O)CC1CCCCN1S(=O)(=O)c1ncccc1F. The lowest BCUT2D eigenvalue weighted by molar-refractivity contribution is -0.118. The molecular weight excluding hydrogens is 283 g/mol. The molecule has 5 nitrogen and oxygen atoms in total. The second-order valence-corrected chi connectivity index (χ2v) is 6.77. The minimum atomic E-state index is -3.99. The zero-order chi connectivity index (χ0) is 14.8. The number of carbonyl (C=O) groups excluding carboxylic acids is 1. The summed E-state index contributed by atoms with van der Waals surface area (Å²) in [6.07, 6.45) is 3.61. The molecule has 1 aromatic rings. The lowest BCUT2D eigenvalue weighted by atomic mass is 10.0. The molecule has 1 fully saturated rings. The first-order valence-electron chi connectivity index (χ1n) is 6.54. The molecule has 20 heavy (non-hydrogen) atoms. The van der Waals surface area contributed by atoms with Crippen molar-refractivity contribution in [2.45, 2.75) is 43.7 Å². The van der Waals surface area contributed by atoms with Crippen molar-refractivity contribution >= 4 is 15.8 Å². The van der Waals surface area contributed by atoms with Gasteiger partial charge in [-0.05, 0) is 31.9 Å². The number of rotatable bonds is 4. The van der Waals surface area contributed by atoms with Crippen LogP contribution < -0.4 is 0 Å². The highest BCUT2D eigenvalue weighted by Gasteiger charge is 2.36. The number of pyridine rings is 1. The van der Waals surface area contributed by atoms with Gasteiger partial charge in [-0.15, -0.1) is 0 Å². The summed E-state index contributed by atoms with van der Waals surface area (Å²) in [7, 11) is -3.99. The maximum Gasteiger partial charge on any atom is 0.263 e. The standard InChI is InChI=1S/C13H17FN2O3S/c1-10(17)9-11-5-2-3-8-16(11)20(18,19)13-12(14)6-4-7-15-13/h4,6-7,11H,2-3,5,8-9H2,1H3. The number of halogens is 1. The molecule has 2 heterocycles. The Bertz CT molecular complexity index is 603. The molecule has 0 spiro atoms. The molecule has 0 aromatic carbocycles. The predicted molar refractivity (Wildman–Crippen MR) is 71.0 cm³/mol. The molecule has 110 valence electrons. The number of ketones is 1. The molecule has 2 rings (SSSR count). The average Bonchev–Trinajstić information content (AvgIpc) is 2.38. The van der Waals surface area contributed by atoms with E-state index in [2.05, 4.69) is 4.98 Å². The van der Waals surface area contributed by atoms with Crippen LogP contribution in [-0.4, -0.2) is 36.1 Å². The van der Waals surface area contributed by atoms with Gasteiger partial charge in [-0.2, -0.15) is 4.31 Å². The second-order valence-electron chi connectivity index (χ2n) is 4.96. The van der Waals surface area contributed by atoms with Gasteiger partial charge in [0.1, 0.15) is 5.78 Å². The van der Waals surface area contributed by atoms with Crippen molar-refractivity contribution in [3.8, 4) is 0 Å². The number of hydrogen-bond acceptors (Lipinski definition) is 4. The van der Waals surface area contributed by atoms with E-state index >= 15 is 0 Å². The fourth-order valence-electron chi connectivity index (χ4n) is 2.50. The highest BCUT2D eigenvalue weighted by Crippen LogP contribution is 2.27. The molecule has 1 atom stereocenters. The summed E-state index contributed by atoms with van der Waals surface area (Å²) in [5.74, 6) is -0.932. The topological polar surface area (TPSA) is 67.3 Å². The Morgan fingerprint density at radius 2 is 2.25 bits per heavy atom. The summed E-state index contributed by atoms with van der Waals surface area (Å²) in [6, 6.07) is 2.02. The van der Waals surface area contributed by atoms with Crippen molar-refractivity contribution in [1.82, 2.24) is 9.29 Å². The van der Waals surface area contributed by atoms with E-state index in [1.54, 1.807) is 0 Å². The molecule has 0 aliphatic carbocycles. The molecular formula is C13H17FN2O3S. The Kier molecular flexibility index (Phi) is 4.49. The van der Waals surface area contributed by atoms with Gasteiger partial charge >= 0.3 is 0 Å². The van der Waals surface area contributed by atoms with Crippen molar-refractivity contribution in [1.29, 1.82) is 0 Å². The van der Waals surface area contributed by atoms with Gasteiger partial charge in [-0.1, -0.05) is 6.42 Å². The summed E-state index contributed by atoms with van der Waals surface area (Å²) in [6.45, 7) is 1.73. The van der Waals surface area contributed by atoms with Crippen molar-refractivity contribution in [3.63, 3.8) is 0 Å². The third-order valence-electron chi connectivity index (χ3n) is 3.37. The number of aromatic nitrogens is 1. The summed E-state index contributed by atoms with van der Waals surface area (Å²) in [5, 5.41) is -0.560. The number of hydrogen-bond donors (Lipinski definition) is 0. The quantitative estimate of drug-likeness (QED) is 0.849. The molecule has 1 saturated heterocycles. The van der Waals surface area contributed by atoms with Gasteiger partial charge in [0.15, 0.2) is 5.82 Å². The summed E-state index contributed by atoms with van der Waals surface area (Å²) >= 11 is 0. The van der Waals surface area contributed by atoms with Gasteiger partial charge in [-0.25, -0.2) is 17.8 Å². The van der Waals surface area contributed by atoms with Crippen molar-refractivity contribution in [2.24, 2.45) is 0 Å². The molecule has 0 saturated carbocycles. The van der Waals surface area contributed by atoms with Crippen LogP contribution in [0.5, 0.6) is 0 Å². The minimum absolute atomic E-state index is 0.0707. The van der Waals surface area contributed by atoms with E-state index in [1.807, 2.05) is 0 Å². The zero-order valence-corrected chi connectivity index (χ0v) is 12.1. The van der Waals surface area contributed by atoms with E-state index in [0.717, 1.165) is 12.5 Å². The van der Waals surface area contributed by atoms with E-state index in [0.29, 0.717) is 19.4 Å². The van der Waals surface area contributed by atoms with E-state index in [-0.39, 0.29) is 12.2 Å². The van der Waals surface area contributed by atoms with Gasteiger partial charge in [0.2, 0.25) is 5.03 Å². The first-order valence-corrected chi connectivity index (χ1v) is 7.98. The maximum atomic E-state index is 13.7. The van der Waals surface area contributed by atoms with Crippen molar-refractivity contribution in [2.75, 3.05) is 6.54 Å². The van der Waals surface area contributed by atoms with Gasteiger partial charge in [0.05, 0.1) is 0 Å². The van der Waals surface area contributed by atoms with Gasteiger partial charge in [0.25, 0.3) is 10.0 Å². The van der Waals surface area contributed by atoms with Gasteiger partial charge in [-0.3, -0.25) is 4.79 Å². The van der Waals surface area contributed by atoms with Crippen LogP contribution in [0.2, 0.25) is 0 Å². The van der Waals surface area contributed by atoms with Crippen LogP contribution in [0.25, 0.3) is 0 Å². The summed E-state index contributed by atoms with van der Waals surface area (Å²) in [5.41, 5.74) is 0. The van der Waals surface area contributed by atoms with Crippen LogP contribution in [0.4, 0.5) is 4.39 Å². The number of nitrogens with zero attached hydrogens (tertiary/aromatic N) is 2. The largest absolute Gasteiger partial charge is 0.300 e. The van der Waals surface area contributed by atoms with Crippen LogP contribution in [0.15, 0.2) is 23.4 Å². The normalized spacial score (nSPS) is 20.8. The van der Waals surface area contributed by atoms with E-state index < -0.39 is 26.9 Å². The predicted octanol–water partition coefficient (Wildman–Crippen LogP) is 1.74. The third kappa shape index (κ3) is 3.04. The highest BCUT2D eigenvalue weighted by atomic mass is 32.2. The Morgan fingerprint density at radius 1 is 1.50 bits per heavy atom. The molecule has 0 amide bonds. The van der Waals surface area contributed by atoms with Crippen LogP contribution >= 0.6 is 0 Å². The van der Waals surface area contributed by atoms with E-state index in [9.17, 15) is 17.6 Å². The molecule has 0 N–H and O–H groups in total. The van der Waals surface area contributed by atoms with E-state index in [1.165, 1.54) is 23.5 Å². The third-order valence-corrected chi connectivity index (χ3v) is 5.26. The molecule has 0 radical (unpaired) electrons. The molecule has 0 bridgehead atoms. The van der Waals surface area contributed by atoms with Crippen LogP contribution in [-0.2, 0) is 14.8 Å². The smallest absolute Gasteiger partial charge is 0.263 e. The van der Waals surface area contributed by atoms with E-state index in [4.69, 9.17) is 0 Å². The fourth-order valence-corrected chi connectivity index (χ4v) is 4.17.